The summed E-state index contributed by atoms with van der Waals surface area (Å²) >= 11 is 0. The molecule has 20 rings (SSSR count). The fraction of sp³-hybridized carbons (Fsp3) is 0.340. The zero-order valence-electron chi connectivity index (χ0n) is 77.4. The minimum atomic E-state index is -1.05. The van der Waals surface area contributed by atoms with Gasteiger partial charge in [0, 0.05) is 38.1 Å². The lowest BCUT2D eigenvalue weighted by Gasteiger charge is -2.30. The molecule has 6 aromatic heterocycles. The second-order valence-electron chi connectivity index (χ2n) is 35.2. The highest BCUT2D eigenvalue weighted by Crippen LogP contribution is 2.40. The van der Waals surface area contributed by atoms with Crippen molar-refractivity contribution in [3.63, 3.8) is 0 Å². The van der Waals surface area contributed by atoms with Crippen LogP contribution in [0.4, 0.5) is 74.4 Å². The molecule has 13 N–H and O–H groups in total. The summed E-state index contributed by atoms with van der Waals surface area (Å²) in [5.41, 5.74) is 2.75. The Morgan fingerprint density at radius 1 is 0.355 bits per heavy atom. The SMILES string of the molecule is CCCn1c(=O)[nH]c2c(c1=O)CC[C@H](c1ccc(F)c(F)c1)N2.CCn1c(=O)[nH]c2c(c1=O)CCC[C@H](c1ccc(F)c(F)c1)N2.CCn1c(=O)[nH]c2c(c1=O)CC[C@@H](c1ccc(F)c(F)c1)N2.COc1cccc([C@@H]2CCc3c([nH]c(=O)n(C(C)C)c3=O)N2)c1.O=c1[nH]c2c(c(=O)n1-c1ccccc1)C(O)C[C@H](c1ccc(F)cc1)N2.O=c1[nH]c2c(c(=O)n1C1CCC1)CC[C@H](c1ccc(F)c(F)c1)N2. The second-order valence-corrected chi connectivity index (χ2v) is 35.2. The van der Waals surface area contributed by atoms with Crippen molar-refractivity contribution in [1.82, 2.24) is 57.3 Å². The molecule has 12 heterocycles. The Morgan fingerprint density at radius 3 is 1.16 bits per heavy atom. The van der Waals surface area contributed by atoms with Crippen LogP contribution in [0.25, 0.3) is 5.69 Å². The van der Waals surface area contributed by atoms with Crippen LogP contribution in [0.3, 0.4) is 0 Å². The van der Waals surface area contributed by atoms with Crippen LogP contribution in [-0.2, 0) is 51.7 Å². The molecule has 7 aromatic carbocycles. The summed E-state index contributed by atoms with van der Waals surface area (Å²) in [5.74, 6) is -4.60. The lowest BCUT2D eigenvalue weighted by Crippen LogP contribution is -2.43. The van der Waals surface area contributed by atoms with Crippen molar-refractivity contribution in [1.29, 1.82) is 0 Å². The molecule has 0 saturated heterocycles. The number of rotatable bonds is 14. The van der Waals surface area contributed by atoms with Gasteiger partial charge in [0.05, 0.1) is 88.5 Å². The number of ether oxygens (including phenoxy) is 1. The van der Waals surface area contributed by atoms with Gasteiger partial charge in [-0.1, -0.05) is 73.7 Å². The summed E-state index contributed by atoms with van der Waals surface area (Å²) in [5, 5.41) is 29.2. The van der Waals surface area contributed by atoms with Crippen molar-refractivity contribution in [2.24, 2.45) is 0 Å². The van der Waals surface area contributed by atoms with Gasteiger partial charge in [0.15, 0.2) is 46.5 Å². The number of hydrogen-bond donors (Lipinski definition) is 13. The molecule has 7 aliphatic rings. The molecule has 7 atom stereocenters. The second kappa shape index (κ2) is 43.3. The summed E-state index contributed by atoms with van der Waals surface area (Å²) in [7, 11) is 1.63. The molecule has 0 radical (unpaired) electrons. The maximum absolute atomic E-state index is 13.4. The molecule has 32 nitrogen and oxygen atoms in total. The van der Waals surface area contributed by atoms with E-state index in [1.54, 1.807) is 63.4 Å². The lowest BCUT2D eigenvalue weighted by molar-refractivity contribution is 0.153. The predicted octanol–water partition coefficient (Wildman–Crippen LogP) is 13.7. The molecule has 0 spiro atoms. The number of anilines is 6. The average Bonchev–Trinajstić information content (AvgIpc) is 1.05. The molecule has 1 unspecified atom stereocenters. The highest BCUT2D eigenvalue weighted by Gasteiger charge is 2.35. The number of fused-ring (bicyclic) bond motifs is 6. The van der Waals surface area contributed by atoms with E-state index in [2.05, 4.69) is 61.8 Å². The first-order valence-corrected chi connectivity index (χ1v) is 46.4. The van der Waals surface area contributed by atoms with Gasteiger partial charge in [0.25, 0.3) is 33.4 Å². The zero-order valence-corrected chi connectivity index (χ0v) is 77.4. The van der Waals surface area contributed by atoms with E-state index in [0.717, 1.165) is 105 Å². The van der Waals surface area contributed by atoms with Crippen molar-refractivity contribution in [3.05, 3.63) is 396 Å². The number of nitrogens with one attached hydrogen (secondary N) is 12. The fourth-order valence-corrected chi connectivity index (χ4v) is 18.4. The van der Waals surface area contributed by atoms with Crippen molar-refractivity contribution in [2.45, 2.75) is 211 Å². The minimum absolute atomic E-state index is 0.00420. The summed E-state index contributed by atoms with van der Waals surface area (Å²) in [6.45, 7) is 9.98. The van der Waals surface area contributed by atoms with Gasteiger partial charge in [-0.2, -0.15) is 0 Å². The Kier molecular flexibility index (Phi) is 30.7. The number of aliphatic hydroxyl groups is 1. The molecule has 0 bridgehead atoms. The number of H-pyrrole nitrogens is 6. The van der Waals surface area contributed by atoms with Crippen LogP contribution in [-0.4, -0.2) is 69.5 Å². The van der Waals surface area contributed by atoms with E-state index in [1.807, 2.05) is 45.0 Å². The van der Waals surface area contributed by atoms with Crippen LogP contribution in [0.2, 0.25) is 0 Å². The van der Waals surface area contributed by atoms with E-state index in [0.29, 0.717) is 175 Å². The number of halogens is 9. The number of benzene rings is 7. The predicted molar refractivity (Wildman–Crippen MR) is 513 cm³/mol. The van der Waals surface area contributed by atoms with Gasteiger partial charge in [-0.05, 0) is 242 Å². The topological polar surface area (TPSA) is 431 Å². The molecule has 41 heteroatoms. The third-order valence-electron chi connectivity index (χ3n) is 26.0. The first-order chi connectivity index (χ1) is 67.6. The van der Waals surface area contributed by atoms with E-state index in [9.17, 15) is 102 Å². The third kappa shape index (κ3) is 21.7. The van der Waals surface area contributed by atoms with Crippen LogP contribution < -0.4 is 104 Å². The molecule has 141 heavy (non-hydrogen) atoms. The van der Waals surface area contributed by atoms with Crippen LogP contribution >= 0.6 is 0 Å². The summed E-state index contributed by atoms with van der Waals surface area (Å²) in [6, 6.07) is 35.5. The zero-order chi connectivity index (χ0) is 101. The number of aromatic amines is 6. The summed E-state index contributed by atoms with van der Waals surface area (Å²) in [6.07, 6.45) is 9.00. The normalized spacial score (nSPS) is 17.8. The first-order valence-electron chi connectivity index (χ1n) is 46.4. The lowest BCUT2D eigenvalue weighted by atomic mass is 9.92. The number of hydrogen-bond acceptors (Lipinski definition) is 20. The van der Waals surface area contributed by atoms with Crippen molar-refractivity contribution < 1.29 is 49.4 Å². The Bertz CT molecular complexity index is 7670. The summed E-state index contributed by atoms with van der Waals surface area (Å²) < 4.78 is 131. The van der Waals surface area contributed by atoms with Crippen LogP contribution in [0.1, 0.15) is 226 Å². The molecular formula is C100H103F9N18O14. The molecule has 13 aromatic rings. The smallest absolute Gasteiger partial charge is 0.334 e. The van der Waals surface area contributed by atoms with E-state index < -0.39 is 86.6 Å². The molecule has 740 valence electrons. The minimum Gasteiger partial charge on any atom is -0.497 e. The third-order valence-corrected chi connectivity index (χ3v) is 26.0. The number of para-hydroxylation sites is 1. The van der Waals surface area contributed by atoms with Crippen LogP contribution in [0.15, 0.2) is 209 Å². The average molecular weight is 1950 g/mol. The number of aromatic nitrogens is 12. The summed E-state index contributed by atoms with van der Waals surface area (Å²) in [4.78, 5) is 164. The standard InChI is InChI=1S/C19H16FN3O3.C17H17F2N3O2.C17H21N3O3.2C16H17F2N3O2.C15H15F2N3O2/c20-12-8-6-11(7-9-12)14-10-15(24)16-17(21-14)22-19(26)23(18(16)25)13-4-2-1-3-5-13;18-12-6-4-9(8-13(12)19)14-7-5-11-15(20-14)21-17(24)22(16(11)23)10-2-1-3-10;1-10(2)20-16(21)13-7-8-14(18-15(13)19-17(20)22)11-5-4-6-12(9-11)23-3;1-2-7-21-15(22)10-4-6-13(19-14(10)20-16(21)23)9-3-5-11(17)12(18)8-9;1-2-21-15(22)10-4-3-5-13(19-14(10)20-16(21)23)9-6-7-11(17)12(18)8-9;1-2-20-14(21)9-4-6-12(18-13(9)19-15(20)22)8-3-5-10(16)11(17)7-8/h1-9,14-15,21,24H,10H2,(H,22,26);4,6,8,10,14,20H,1-3,5,7H2,(H,21,24);4-6,9-10,14,18H,7-8H2,1-3H3,(H,19,22);3,5,8,13,19H,2,4,6-7H2,1H3,(H,20,23);6-8,13,19H,2-5H2,1H3,(H,20,23);3,5,7,12,18H,2,4,6H2,1H3,(H,19,22)/t14-,15?;2*14-;2*13-;12-/m110110/s1. The fourth-order valence-electron chi connectivity index (χ4n) is 18.4. The molecule has 1 aliphatic carbocycles. The number of aliphatic hydroxyl groups excluding tert-OH is 1. The van der Waals surface area contributed by atoms with Gasteiger partial charge < -0.3 is 41.7 Å². The molecule has 6 aliphatic heterocycles. The van der Waals surface area contributed by atoms with Crippen molar-refractivity contribution in [3.8, 4) is 11.4 Å². The Hall–Kier alpha value is -15.5. The van der Waals surface area contributed by atoms with Crippen molar-refractivity contribution >= 4 is 34.9 Å². The van der Waals surface area contributed by atoms with Crippen molar-refractivity contribution in [2.75, 3.05) is 39.0 Å². The Labute approximate surface area is 795 Å². The van der Waals surface area contributed by atoms with E-state index in [-0.39, 0.29) is 105 Å². The Morgan fingerprint density at radius 2 is 0.738 bits per heavy atom. The van der Waals surface area contributed by atoms with Crippen LogP contribution in [0.5, 0.6) is 5.75 Å². The Balaban J connectivity index is 0.000000128. The van der Waals surface area contributed by atoms with Gasteiger partial charge in [-0.3, -0.25) is 81.5 Å². The van der Waals surface area contributed by atoms with Gasteiger partial charge in [-0.15, -0.1) is 0 Å². The van der Waals surface area contributed by atoms with Gasteiger partial charge in [0.1, 0.15) is 46.5 Å². The van der Waals surface area contributed by atoms with E-state index in [4.69, 9.17) is 4.74 Å². The monoisotopic (exact) mass is 1950 g/mol. The molecule has 1 fully saturated rings. The number of nitrogens with zero attached hydrogens (tertiary/aromatic N) is 6. The maximum atomic E-state index is 13.4. The highest BCUT2D eigenvalue weighted by molar-refractivity contribution is 5.55. The van der Waals surface area contributed by atoms with Gasteiger partial charge in [-0.25, -0.2) is 72.8 Å². The molecule has 1 saturated carbocycles. The van der Waals surface area contributed by atoms with Crippen LogP contribution in [0, 0.1) is 52.4 Å². The largest absolute Gasteiger partial charge is 0.497 e. The molecule has 0 amide bonds. The van der Waals surface area contributed by atoms with E-state index in [1.165, 1.54) is 50.1 Å². The number of methoxy groups -OCH3 is 1. The van der Waals surface area contributed by atoms with E-state index >= 15 is 0 Å². The quantitative estimate of drug-likeness (QED) is 0.0450. The molecular weight excluding hydrogens is 1850 g/mol. The first kappa shape index (κ1) is 100. The van der Waals surface area contributed by atoms with Gasteiger partial charge >= 0.3 is 34.1 Å². The highest BCUT2D eigenvalue weighted by atomic mass is 19.2. The maximum Gasteiger partial charge on any atom is 0.334 e. The van der Waals surface area contributed by atoms with Gasteiger partial charge in [0.2, 0.25) is 0 Å².